The summed E-state index contributed by atoms with van der Waals surface area (Å²) < 4.78 is 0. The highest BCUT2D eigenvalue weighted by molar-refractivity contribution is 6.03. The van der Waals surface area contributed by atoms with E-state index in [1.807, 2.05) is 12.1 Å². The van der Waals surface area contributed by atoms with Crippen LogP contribution >= 0.6 is 0 Å². The Bertz CT molecular complexity index is 591. The van der Waals surface area contributed by atoms with E-state index in [4.69, 9.17) is 5.41 Å². The lowest BCUT2D eigenvalue weighted by Gasteiger charge is -2.24. The average Bonchev–Trinajstić information content (AvgIpc) is 2.45. The molecule has 1 nitrogen and oxygen atoms in total. The Labute approximate surface area is 122 Å². The van der Waals surface area contributed by atoms with Crippen LogP contribution in [0.4, 0.5) is 0 Å². The molecular weight excluding hydrogens is 242 g/mol. The molecule has 1 unspecified atom stereocenters. The predicted octanol–water partition coefficient (Wildman–Crippen LogP) is 5.25. The summed E-state index contributed by atoms with van der Waals surface area (Å²) in [5.74, 6) is 0.301. The van der Waals surface area contributed by atoms with Gasteiger partial charge in [0.1, 0.15) is 0 Å². The highest BCUT2D eigenvalue weighted by atomic mass is 14.5. The molecule has 2 rings (SSSR count). The molecule has 20 heavy (non-hydrogen) atoms. The molecule has 104 valence electrons. The molecule has 0 radical (unpaired) electrons. The molecule has 1 atom stereocenters. The van der Waals surface area contributed by atoms with Gasteiger partial charge in [0.05, 0.1) is 0 Å². The number of nitrogens with one attached hydrogen (secondary N) is 1. The smallest absolute Gasteiger partial charge is 0.0442 e. The van der Waals surface area contributed by atoms with Crippen LogP contribution < -0.4 is 0 Å². The van der Waals surface area contributed by atoms with Gasteiger partial charge in [-0.1, -0.05) is 82.3 Å². The third-order valence-corrected chi connectivity index (χ3v) is 3.75. The van der Waals surface area contributed by atoms with Crippen molar-refractivity contribution in [2.24, 2.45) is 5.41 Å². The first-order valence-electron chi connectivity index (χ1n) is 7.14. The Morgan fingerprint density at radius 3 is 2.05 bits per heavy atom. The maximum absolute atomic E-state index is 8.48. The van der Waals surface area contributed by atoms with Gasteiger partial charge in [-0.2, -0.15) is 0 Å². The lowest BCUT2D eigenvalue weighted by molar-refractivity contribution is 0.587. The Morgan fingerprint density at radius 2 is 1.45 bits per heavy atom. The van der Waals surface area contributed by atoms with Crippen molar-refractivity contribution in [3.8, 4) is 0 Å². The summed E-state index contributed by atoms with van der Waals surface area (Å²) >= 11 is 0. The lowest BCUT2D eigenvalue weighted by Crippen LogP contribution is -2.22. The highest BCUT2D eigenvalue weighted by Gasteiger charge is 2.23. The van der Waals surface area contributed by atoms with Gasteiger partial charge in [0.2, 0.25) is 0 Å². The zero-order valence-electron chi connectivity index (χ0n) is 12.8. The summed E-state index contributed by atoms with van der Waals surface area (Å²) in [5.41, 5.74) is 4.17. The minimum atomic E-state index is -0.132. The molecule has 0 aliphatic carbocycles. The summed E-state index contributed by atoms with van der Waals surface area (Å²) in [7, 11) is 0. The van der Waals surface area contributed by atoms with Crippen molar-refractivity contribution in [2.75, 3.05) is 0 Å². The Kier molecular flexibility index (Phi) is 4.08. The van der Waals surface area contributed by atoms with Crippen molar-refractivity contribution in [1.82, 2.24) is 0 Å². The molecule has 0 heterocycles. The minimum Gasteiger partial charge on any atom is -0.304 e. The molecule has 0 spiro atoms. The van der Waals surface area contributed by atoms with Crippen LogP contribution in [0, 0.1) is 10.8 Å². The number of benzene rings is 2. The standard InChI is InChI=1S/C19H23N/c1-14(15-10-6-5-7-11-15)16-12-8-9-13-17(16)18(20)19(2,3)4/h5-14,20H,1-4H3. The molecule has 0 aromatic heterocycles. The fourth-order valence-corrected chi connectivity index (χ4v) is 2.43. The van der Waals surface area contributed by atoms with Gasteiger partial charge in [0.25, 0.3) is 0 Å². The Balaban J connectivity index is 2.46. The van der Waals surface area contributed by atoms with E-state index in [2.05, 4.69) is 70.2 Å². The number of rotatable bonds is 3. The quantitative estimate of drug-likeness (QED) is 0.733. The van der Waals surface area contributed by atoms with Crippen molar-refractivity contribution in [1.29, 1.82) is 5.41 Å². The first-order chi connectivity index (χ1) is 9.41. The fourth-order valence-electron chi connectivity index (χ4n) is 2.43. The van der Waals surface area contributed by atoms with E-state index in [1.165, 1.54) is 11.1 Å². The van der Waals surface area contributed by atoms with Crippen LogP contribution in [0.2, 0.25) is 0 Å². The van der Waals surface area contributed by atoms with Gasteiger partial charge in [-0.3, -0.25) is 0 Å². The second-order valence-corrected chi connectivity index (χ2v) is 6.34. The average molecular weight is 265 g/mol. The molecule has 0 aliphatic heterocycles. The van der Waals surface area contributed by atoms with Crippen molar-refractivity contribution < 1.29 is 0 Å². The molecule has 0 saturated carbocycles. The monoisotopic (exact) mass is 265 g/mol. The predicted molar refractivity (Wildman–Crippen MR) is 86.7 cm³/mol. The van der Waals surface area contributed by atoms with Gasteiger partial charge in [0, 0.05) is 17.0 Å². The van der Waals surface area contributed by atoms with Crippen LogP contribution in [-0.2, 0) is 0 Å². The lowest BCUT2D eigenvalue weighted by atomic mass is 9.80. The summed E-state index contributed by atoms with van der Waals surface area (Å²) in [5, 5.41) is 8.48. The summed E-state index contributed by atoms with van der Waals surface area (Å²) in [4.78, 5) is 0. The van der Waals surface area contributed by atoms with Gasteiger partial charge < -0.3 is 5.41 Å². The first-order valence-corrected chi connectivity index (χ1v) is 7.14. The maximum atomic E-state index is 8.48. The molecule has 0 bridgehead atoms. The van der Waals surface area contributed by atoms with E-state index < -0.39 is 0 Å². The van der Waals surface area contributed by atoms with Crippen LogP contribution in [0.5, 0.6) is 0 Å². The Morgan fingerprint density at radius 1 is 0.900 bits per heavy atom. The molecule has 0 aliphatic rings. The second kappa shape index (κ2) is 5.62. The minimum absolute atomic E-state index is 0.132. The van der Waals surface area contributed by atoms with E-state index in [-0.39, 0.29) is 5.41 Å². The second-order valence-electron chi connectivity index (χ2n) is 6.34. The topological polar surface area (TPSA) is 23.9 Å². The van der Waals surface area contributed by atoms with Gasteiger partial charge in [-0.05, 0) is 16.7 Å². The van der Waals surface area contributed by atoms with Gasteiger partial charge >= 0.3 is 0 Å². The summed E-state index contributed by atoms with van der Waals surface area (Å²) in [6.45, 7) is 8.50. The third kappa shape index (κ3) is 2.98. The first kappa shape index (κ1) is 14.5. The van der Waals surface area contributed by atoms with Crippen LogP contribution in [0.25, 0.3) is 0 Å². The van der Waals surface area contributed by atoms with E-state index in [0.717, 1.165) is 5.56 Å². The zero-order chi connectivity index (χ0) is 14.8. The summed E-state index contributed by atoms with van der Waals surface area (Å²) in [6, 6.07) is 18.8. The van der Waals surface area contributed by atoms with E-state index in [9.17, 15) is 0 Å². The van der Waals surface area contributed by atoms with Crippen LogP contribution in [0.1, 0.15) is 50.3 Å². The third-order valence-electron chi connectivity index (χ3n) is 3.75. The largest absolute Gasteiger partial charge is 0.304 e. The maximum Gasteiger partial charge on any atom is 0.0442 e. The molecule has 2 aromatic carbocycles. The van der Waals surface area contributed by atoms with Crippen LogP contribution in [-0.4, -0.2) is 5.71 Å². The fraction of sp³-hybridized carbons (Fsp3) is 0.316. The molecule has 0 fully saturated rings. The number of hydrogen-bond donors (Lipinski definition) is 1. The summed E-state index contributed by atoms with van der Waals surface area (Å²) in [6.07, 6.45) is 0. The van der Waals surface area contributed by atoms with Crippen LogP contribution in [0.3, 0.4) is 0 Å². The van der Waals surface area contributed by atoms with Gasteiger partial charge in [0.15, 0.2) is 0 Å². The van der Waals surface area contributed by atoms with E-state index in [1.54, 1.807) is 0 Å². The van der Waals surface area contributed by atoms with Crippen molar-refractivity contribution >= 4 is 5.71 Å². The zero-order valence-corrected chi connectivity index (χ0v) is 12.8. The van der Waals surface area contributed by atoms with Crippen LogP contribution in [0.15, 0.2) is 54.6 Å². The number of hydrogen-bond acceptors (Lipinski definition) is 1. The van der Waals surface area contributed by atoms with Gasteiger partial charge in [-0.25, -0.2) is 0 Å². The molecule has 1 N–H and O–H groups in total. The highest BCUT2D eigenvalue weighted by Crippen LogP contribution is 2.30. The Hall–Kier alpha value is -1.89. The molecule has 2 aromatic rings. The van der Waals surface area contributed by atoms with Gasteiger partial charge in [-0.15, -0.1) is 0 Å². The molecule has 0 amide bonds. The molecule has 1 heteroatoms. The molecular formula is C19H23N. The molecule has 0 saturated heterocycles. The van der Waals surface area contributed by atoms with E-state index in [0.29, 0.717) is 11.6 Å². The normalized spacial score (nSPS) is 13.0. The van der Waals surface area contributed by atoms with Crippen molar-refractivity contribution in [2.45, 2.75) is 33.6 Å². The van der Waals surface area contributed by atoms with Crippen molar-refractivity contribution in [3.63, 3.8) is 0 Å². The van der Waals surface area contributed by atoms with E-state index >= 15 is 0 Å². The SMILES string of the molecule is CC(c1ccccc1)c1ccccc1C(=N)C(C)(C)C. The van der Waals surface area contributed by atoms with Crippen molar-refractivity contribution in [3.05, 3.63) is 71.3 Å².